The first-order valence-electron chi connectivity index (χ1n) is 5.11. The molecule has 90 valence electrons. The molecule has 3 nitrogen and oxygen atoms in total. The molecule has 1 aromatic carbocycles. The summed E-state index contributed by atoms with van der Waals surface area (Å²) in [5, 5.41) is 2.20. The Balaban J connectivity index is 2.26. The highest BCUT2D eigenvalue weighted by Gasteiger charge is 2.11. The molecule has 0 aliphatic carbocycles. The van der Waals surface area contributed by atoms with E-state index in [0.717, 1.165) is 16.6 Å². The maximum absolute atomic E-state index is 6.16. The summed E-state index contributed by atoms with van der Waals surface area (Å²) in [7, 11) is 0. The molecular formula is C12H6Cl3N3. The minimum absolute atomic E-state index is 0.196. The van der Waals surface area contributed by atoms with Gasteiger partial charge >= 0.3 is 0 Å². The number of rotatable bonds is 1. The third-order valence-corrected chi connectivity index (χ3v) is 3.38. The molecule has 0 atom stereocenters. The molecule has 0 saturated carbocycles. The number of halogens is 3. The van der Waals surface area contributed by atoms with Crippen molar-refractivity contribution in [1.82, 2.24) is 15.0 Å². The smallest absolute Gasteiger partial charge is 0.224 e. The van der Waals surface area contributed by atoms with E-state index in [-0.39, 0.29) is 5.28 Å². The molecule has 0 saturated heterocycles. The molecule has 0 amide bonds. The first-order chi connectivity index (χ1) is 8.65. The summed E-state index contributed by atoms with van der Waals surface area (Å²) >= 11 is 18.1. The molecule has 3 rings (SSSR count). The van der Waals surface area contributed by atoms with Gasteiger partial charge in [-0.1, -0.05) is 29.3 Å². The van der Waals surface area contributed by atoms with Crippen LogP contribution < -0.4 is 0 Å². The normalized spacial score (nSPS) is 11.1. The Labute approximate surface area is 118 Å². The van der Waals surface area contributed by atoms with Crippen molar-refractivity contribution >= 4 is 45.8 Å². The van der Waals surface area contributed by atoms with E-state index in [1.165, 1.54) is 0 Å². The quantitative estimate of drug-likeness (QED) is 0.668. The van der Waals surface area contributed by atoms with E-state index in [0.29, 0.717) is 15.7 Å². The molecule has 2 aromatic heterocycles. The molecule has 0 fully saturated rings. The fourth-order valence-electron chi connectivity index (χ4n) is 1.78. The summed E-state index contributed by atoms with van der Waals surface area (Å²) < 4.78 is 0. The van der Waals surface area contributed by atoms with Gasteiger partial charge in [0.05, 0.1) is 15.7 Å². The third kappa shape index (κ3) is 1.94. The second-order valence-corrected chi connectivity index (χ2v) is 4.88. The van der Waals surface area contributed by atoms with Crippen LogP contribution in [0.1, 0.15) is 0 Å². The largest absolute Gasteiger partial charge is 0.339 e. The van der Waals surface area contributed by atoms with Crippen LogP contribution in [0.3, 0.4) is 0 Å². The first kappa shape index (κ1) is 11.8. The predicted molar refractivity (Wildman–Crippen MR) is 74.4 cm³/mol. The molecule has 0 spiro atoms. The predicted octanol–water partition coefficient (Wildman–Crippen LogP) is 4.59. The monoisotopic (exact) mass is 297 g/mol. The van der Waals surface area contributed by atoms with E-state index in [9.17, 15) is 0 Å². The summed E-state index contributed by atoms with van der Waals surface area (Å²) in [6, 6.07) is 7.26. The minimum atomic E-state index is 0.196. The molecule has 3 aromatic rings. The van der Waals surface area contributed by atoms with Crippen LogP contribution in [0, 0.1) is 0 Å². The van der Waals surface area contributed by atoms with Crippen LogP contribution in [0.25, 0.3) is 22.3 Å². The van der Waals surface area contributed by atoms with Crippen molar-refractivity contribution in [2.45, 2.75) is 0 Å². The van der Waals surface area contributed by atoms with Crippen LogP contribution >= 0.6 is 34.8 Å². The molecule has 0 radical (unpaired) electrons. The standard InChI is InChI=1S/C12H6Cl3N3/c13-7-2-1-3-8(14)10(7)9-4-6-5-16-12(15)18-11(6)17-9/h1-5H,(H,16,17,18). The molecule has 0 aliphatic rings. The van der Waals surface area contributed by atoms with Crippen LogP contribution in [-0.2, 0) is 0 Å². The summed E-state index contributed by atoms with van der Waals surface area (Å²) in [5.41, 5.74) is 2.19. The number of hydrogen-bond donors (Lipinski definition) is 1. The first-order valence-corrected chi connectivity index (χ1v) is 6.24. The van der Waals surface area contributed by atoms with Crippen LogP contribution in [0.15, 0.2) is 30.5 Å². The highest BCUT2D eigenvalue weighted by atomic mass is 35.5. The molecule has 0 bridgehead atoms. The van der Waals surface area contributed by atoms with Gasteiger partial charge in [0.1, 0.15) is 5.65 Å². The summed E-state index contributed by atoms with van der Waals surface area (Å²) in [6.07, 6.45) is 1.65. The topological polar surface area (TPSA) is 41.6 Å². The van der Waals surface area contributed by atoms with E-state index < -0.39 is 0 Å². The second-order valence-electron chi connectivity index (χ2n) is 3.72. The van der Waals surface area contributed by atoms with Gasteiger partial charge in [-0.15, -0.1) is 0 Å². The Bertz CT molecular complexity index is 716. The SMILES string of the molecule is Clc1ncc2cc(-c3c(Cl)cccc3Cl)[nH]c2n1. The van der Waals surface area contributed by atoms with Gasteiger partial charge in [-0.25, -0.2) is 4.98 Å². The molecular weight excluding hydrogens is 293 g/mol. The van der Waals surface area contributed by atoms with E-state index in [2.05, 4.69) is 15.0 Å². The Kier molecular flexibility index (Phi) is 2.90. The number of aromatic amines is 1. The number of benzene rings is 1. The van der Waals surface area contributed by atoms with E-state index in [1.54, 1.807) is 24.4 Å². The van der Waals surface area contributed by atoms with Gasteiger partial charge in [0, 0.05) is 17.1 Å². The zero-order chi connectivity index (χ0) is 12.7. The van der Waals surface area contributed by atoms with Crippen LogP contribution in [0.4, 0.5) is 0 Å². The lowest BCUT2D eigenvalue weighted by Gasteiger charge is -2.03. The Morgan fingerprint density at radius 1 is 1.06 bits per heavy atom. The summed E-state index contributed by atoms with van der Waals surface area (Å²) in [4.78, 5) is 11.2. The number of aromatic nitrogens is 3. The molecule has 0 aliphatic heterocycles. The van der Waals surface area contributed by atoms with Crippen molar-refractivity contribution in [3.05, 3.63) is 45.8 Å². The van der Waals surface area contributed by atoms with Gasteiger partial charge in [0.15, 0.2) is 0 Å². The van der Waals surface area contributed by atoms with Crippen LogP contribution in [0.5, 0.6) is 0 Å². The third-order valence-electron chi connectivity index (χ3n) is 2.57. The lowest BCUT2D eigenvalue weighted by atomic mass is 10.1. The Morgan fingerprint density at radius 2 is 1.78 bits per heavy atom. The zero-order valence-corrected chi connectivity index (χ0v) is 11.2. The molecule has 1 N–H and O–H groups in total. The van der Waals surface area contributed by atoms with Crippen molar-refractivity contribution in [2.24, 2.45) is 0 Å². The van der Waals surface area contributed by atoms with Crippen molar-refractivity contribution in [3.63, 3.8) is 0 Å². The van der Waals surface area contributed by atoms with Crippen molar-refractivity contribution in [1.29, 1.82) is 0 Å². The van der Waals surface area contributed by atoms with E-state index in [4.69, 9.17) is 34.8 Å². The lowest BCUT2D eigenvalue weighted by Crippen LogP contribution is -1.83. The average Bonchev–Trinajstić information content (AvgIpc) is 2.71. The number of hydrogen-bond acceptors (Lipinski definition) is 2. The van der Waals surface area contributed by atoms with Gasteiger partial charge in [0.2, 0.25) is 5.28 Å². The number of fused-ring (bicyclic) bond motifs is 1. The molecule has 18 heavy (non-hydrogen) atoms. The number of nitrogens with zero attached hydrogens (tertiary/aromatic N) is 2. The van der Waals surface area contributed by atoms with Gasteiger partial charge in [-0.05, 0) is 29.8 Å². The second kappa shape index (κ2) is 4.43. The van der Waals surface area contributed by atoms with E-state index in [1.807, 2.05) is 6.07 Å². The van der Waals surface area contributed by atoms with E-state index >= 15 is 0 Å². The summed E-state index contributed by atoms with van der Waals surface area (Å²) in [5.74, 6) is 0. The highest BCUT2D eigenvalue weighted by Crippen LogP contribution is 2.35. The van der Waals surface area contributed by atoms with Gasteiger partial charge in [0.25, 0.3) is 0 Å². The van der Waals surface area contributed by atoms with Crippen molar-refractivity contribution in [2.75, 3.05) is 0 Å². The molecule has 6 heteroatoms. The average molecular weight is 299 g/mol. The fraction of sp³-hybridized carbons (Fsp3) is 0. The maximum atomic E-state index is 6.16. The van der Waals surface area contributed by atoms with Crippen molar-refractivity contribution in [3.8, 4) is 11.3 Å². The lowest BCUT2D eigenvalue weighted by molar-refractivity contribution is 1.20. The molecule has 0 unspecified atom stereocenters. The maximum Gasteiger partial charge on any atom is 0.224 e. The number of H-pyrrole nitrogens is 1. The van der Waals surface area contributed by atoms with Crippen molar-refractivity contribution < 1.29 is 0 Å². The zero-order valence-electron chi connectivity index (χ0n) is 8.92. The van der Waals surface area contributed by atoms with Crippen LogP contribution in [-0.4, -0.2) is 15.0 Å². The van der Waals surface area contributed by atoms with Gasteiger partial charge in [-0.2, -0.15) is 4.98 Å². The minimum Gasteiger partial charge on any atom is -0.339 e. The van der Waals surface area contributed by atoms with Gasteiger partial charge < -0.3 is 4.98 Å². The van der Waals surface area contributed by atoms with Gasteiger partial charge in [-0.3, -0.25) is 0 Å². The Morgan fingerprint density at radius 3 is 2.50 bits per heavy atom. The highest BCUT2D eigenvalue weighted by molar-refractivity contribution is 6.39. The van der Waals surface area contributed by atoms with Crippen LogP contribution in [0.2, 0.25) is 15.3 Å². The fourth-order valence-corrected chi connectivity index (χ4v) is 2.52. The number of nitrogens with one attached hydrogen (secondary N) is 1. The Hall–Kier alpha value is -1.29. The summed E-state index contributed by atoms with van der Waals surface area (Å²) in [6.45, 7) is 0. The molecule has 2 heterocycles.